The highest BCUT2D eigenvalue weighted by molar-refractivity contribution is 6.67. The minimum Gasteiger partial charge on any atom is -0.476 e. The van der Waals surface area contributed by atoms with Crippen molar-refractivity contribution in [3.8, 4) is 0 Å². The van der Waals surface area contributed by atoms with Crippen molar-refractivity contribution < 1.29 is 19.9 Å². The number of oxime groups is 1. The number of carboxylic acids is 1. The van der Waals surface area contributed by atoms with Gasteiger partial charge in [-0.15, -0.1) is 0 Å². The molecular weight excluding hydrogens is 186 g/mol. The van der Waals surface area contributed by atoms with Gasteiger partial charge >= 0.3 is 5.97 Å². The van der Waals surface area contributed by atoms with E-state index in [0.717, 1.165) is 0 Å². The number of nitrogens with zero attached hydrogens (tertiary/aromatic N) is 1. The molecule has 1 aromatic rings. The van der Waals surface area contributed by atoms with Gasteiger partial charge in [0.05, 0.1) is 0 Å². The minimum atomic E-state index is -1.55. The van der Waals surface area contributed by atoms with Crippen molar-refractivity contribution in [2.75, 3.05) is 0 Å². The number of hydrogen-bond donors (Lipinski definition) is 2. The summed E-state index contributed by atoms with van der Waals surface area (Å²) in [7, 11) is 0. The lowest BCUT2D eigenvalue weighted by atomic mass is 10.1. The third-order valence-electron chi connectivity index (χ3n) is 1.55. The Bertz CT molecular complexity index is 383. The van der Waals surface area contributed by atoms with Crippen molar-refractivity contribution in [1.82, 2.24) is 0 Å². The Labute approximate surface area is 79.3 Å². The van der Waals surface area contributed by atoms with E-state index >= 15 is 0 Å². The Morgan fingerprint density at radius 3 is 2.14 bits per heavy atom. The summed E-state index contributed by atoms with van der Waals surface area (Å²) in [5, 5.41) is 19.2. The van der Waals surface area contributed by atoms with E-state index in [1.165, 1.54) is 12.1 Å². The van der Waals surface area contributed by atoms with Gasteiger partial charge in [0.15, 0.2) is 0 Å². The van der Waals surface area contributed by atoms with Crippen LogP contribution in [0.3, 0.4) is 0 Å². The van der Waals surface area contributed by atoms with E-state index in [-0.39, 0.29) is 5.56 Å². The molecule has 0 saturated carbocycles. The van der Waals surface area contributed by atoms with Gasteiger partial charge in [0, 0.05) is 5.56 Å². The molecule has 0 saturated heterocycles. The summed E-state index contributed by atoms with van der Waals surface area (Å²) < 4.78 is 0. The second-order valence-corrected chi connectivity index (χ2v) is 2.45. The van der Waals surface area contributed by atoms with E-state index in [2.05, 4.69) is 5.16 Å². The molecule has 1 aromatic carbocycles. The average molecular weight is 193 g/mol. The fourth-order valence-corrected chi connectivity index (χ4v) is 0.912. The van der Waals surface area contributed by atoms with Gasteiger partial charge in [0.2, 0.25) is 11.5 Å². The molecule has 0 aromatic heterocycles. The molecule has 0 atom stereocenters. The van der Waals surface area contributed by atoms with Crippen molar-refractivity contribution >= 4 is 17.5 Å². The summed E-state index contributed by atoms with van der Waals surface area (Å²) in [4.78, 5) is 21.8. The molecule has 0 bridgehead atoms. The van der Waals surface area contributed by atoms with Crippen LogP contribution in [0.4, 0.5) is 0 Å². The Morgan fingerprint density at radius 1 is 1.14 bits per heavy atom. The standard InChI is InChI=1S/C9H7NO4/c11-8(7(10-14)9(12)13)6-4-2-1-3-5-6/h1-5,14H,(H,12,13)/b10-7-. The van der Waals surface area contributed by atoms with Crippen LogP contribution in [0.2, 0.25) is 0 Å². The van der Waals surface area contributed by atoms with E-state index in [9.17, 15) is 9.59 Å². The van der Waals surface area contributed by atoms with Crippen molar-refractivity contribution in [3.05, 3.63) is 35.9 Å². The van der Waals surface area contributed by atoms with E-state index in [0.29, 0.717) is 0 Å². The first-order chi connectivity index (χ1) is 6.66. The normalized spacial score (nSPS) is 11.0. The molecule has 0 amide bonds. The quantitative estimate of drug-likeness (QED) is 0.244. The number of carbonyl (C=O) groups is 2. The van der Waals surface area contributed by atoms with Gasteiger partial charge in [-0.3, -0.25) is 4.79 Å². The van der Waals surface area contributed by atoms with Crippen LogP contribution in [0.25, 0.3) is 0 Å². The molecule has 2 N–H and O–H groups in total. The number of Topliss-reactive ketones (excluding diaryl/α,β-unsaturated/α-hetero) is 1. The first-order valence-electron chi connectivity index (χ1n) is 3.72. The predicted octanol–water partition coefficient (Wildman–Crippen LogP) is 0.784. The summed E-state index contributed by atoms with van der Waals surface area (Å²) >= 11 is 0. The fourth-order valence-electron chi connectivity index (χ4n) is 0.912. The summed E-state index contributed by atoms with van der Waals surface area (Å²) in [5.41, 5.74) is -0.723. The van der Waals surface area contributed by atoms with Gasteiger partial charge in [-0.2, -0.15) is 0 Å². The minimum absolute atomic E-state index is 0.169. The predicted molar refractivity (Wildman–Crippen MR) is 47.6 cm³/mol. The third-order valence-corrected chi connectivity index (χ3v) is 1.55. The summed E-state index contributed by atoms with van der Waals surface area (Å²) in [6.45, 7) is 0. The van der Waals surface area contributed by atoms with Gasteiger partial charge < -0.3 is 10.3 Å². The molecule has 72 valence electrons. The Morgan fingerprint density at radius 2 is 1.71 bits per heavy atom. The lowest BCUT2D eigenvalue weighted by molar-refractivity contribution is -0.129. The summed E-state index contributed by atoms with van der Waals surface area (Å²) in [6.07, 6.45) is 0. The number of ketones is 1. The number of carbonyl (C=O) groups excluding carboxylic acids is 1. The van der Waals surface area contributed by atoms with Gasteiger partial charge in [0.1, 0.15) is 0 Å². The van der Waals surface area contributed by atoms with Crippen molar-refractivity contribution in [2.45, 2.75) is 0 Å². The molecule has 0 aliphatic rings. The molecule has 0 radical (unpaired) electrons. The SMILES string of the molecule is O=C(O)/C(=N\O)C(=O)c1ccccc1. The van der Waals surface area contributed by atoms with E-state index in [1.54, 1.807) is 18.2 Å². The van der Waals surface area contributed by atoms with Crippen LogP contribution in [0, 0.1) is 0 Å². The molecule has 5 nitrogen and oxygen atoms in total. The number of benzene rings is 1. The Hall–Kier alpha value is -2.17. The first-order valence-corrected chi connectivity index (χ1v) is 3.72. The first kappa shape index (κ1) is 9.91. The monoisotopic (exact) mass is 193 g/mol. The third kappa shape index (κ3) is 1.95. The molecule has 0 spiro atoms. The lowest BCUT2D eigenvalue weighted by Gasteiger charge is -1.97. The van der Waals surface area contributed by atoms with Crippen LogP contribution in [0.5, 0.6) is 0 Å². The molecule has 14 heavy (non-hydrogen) atoms. The van der Waals surface area contributed by atoms with E-state index < -0.39 is 17.5 Å². The number of hydrogen-bond acceptors (Lipinski definition) is 4. The zero-order chi connectivity index (χ0) is 10.6. The Balaban J connectivity index is 3.02. The smallest absolute Gasteiger partial charge is 0.362 e. The van der Waals surface area contributed by atoms with Crippen LogP contribution < -0.4 is 0 Å². The number of rotatable bonds is 3. The fraction of sp³-hybridized carbons (Fsp3) is 0. The van der Waals surface area contributed by atoms with Crippen molar-refractivity contribution in [2.24, 2.45) is 5.16 Å². The maximum atomic E-state index is 11.3. The highest BCUT2D eigenvalue weighted by Crippen LogP contribution is 2.01. The van der Waals surface area contributed by atoms with Gasteiger partial charge in [0.25, 0.3) is 0 Å². The lowest BCUT2D eigenvalue weighted by Crippen LogP contribution is -2.23. The molecular formula is C9H7NO4. The number of aliphatic carboxylic acids is 1. The topological polar surface area (TPSA) is 87.0 Å². The maximum Gasteiger partial charge on any atom is 0.362 e. The second-order valence-electron chi connectivity index (χ2n) is 2.45. The number of carboxylic acid groups (broad SMARTS) is 1. The highest BCUT2D eigenvalue weighted by atomic mass is 16.4. The molecule has 5 heteroatoms. The maximum absolute atomic E-state index is 11.3. The molecule has 0 unspecified atom stereocenters. The van der Waals surface area contributed by atoms with Crippen molar-refractivity contribution in [3.63, 3.8) is 0 Å². The molecule has 1 rings (SSSR count). The largest absolute Gasteiger partial charge is 0.476 e. The molecule has 0 aliphatic carbocycles. The zero-order valence-electron chi connectivity index (χ0n) is 7.04. The molecule has 0 fully saturated rings. The van der Waals surface area contributed by atoms with Crippen molar-refractivity contribution in [1.29, 1.82) is 0 Å². The van der Waals surface area contributed by atoms with Crippen LogP contribution in [-0.4, -0.2) is 27.8 Å². The van der Waals surface area contributed by atoms with Gasteiger partial charge in [-0.1, -0.05) is 35.5 Å². The molecule has 0 heterocycles. The second kappa shape index (κ2) is 4.18. The van der Waals surface area contributed by atoms with E-state index in [4.69, 9.17) is 10.3 Å². The van der Waals surface area contributed by atoms with Gasteiger partial charge in [-0.25, -0.2) is 4.79 Å². The van der Waals surface area contributed by atoms with E-state index in [1.807, 2.05) is 0 Å². The van der Waals surface area contributed by atoms with Crippen LogP contribution in [-0.2, 0) is 4.79 Å². The zero-order valence-corrected chi connectivity index (χ0v) is 7.04. The highest BCUT2D eigenvalue weighted by Gasteiger charge is 2.21. The summed E-state index contributed by atoms with van der Waals surface area (Å²) in [5.74, 6) is -2.37. The van der Waals surface area contributed by atoms with Crippen LogP contribution in [0.1, 0.15) is 10.4 Å². The molecule has 0 aliphatic heterocycles. The summed E-state index contributed by atoms with van der Waals surface area (Å²) in [6, 6.07) is 7.74. The van der Waals surface area contributed by atoms with Crippen LogP contribution in [0.15, 0.2) is 35.5 Å². The average Bonchev–Trinajstić information content (AvgIpc) is 2.19. The van der Waals surface area contributed by atoms with Gasteiger partial charge in [-0.05, 0) is 0 Å². The Kier molecular flexibility index (Phi) is 2.96. The van der Waals surface area contributed by atoms with Crippen LogP contribution >= 0.6 is 0 Å².